The van der Waals surface area contributed by atoms with E-state index in [1.165, 1.54) is 10.4 Å². The first-order valence-corrected chi connectivity index (χ1v) is 11.9. The Morgan fingerprint density at radius 3 is 2.41 bits per heavy atom. The van der Waals surface area contributed by atoms with E-state index in [1.54, 1.807) is 12.1 Å². The molecule has 0 radical (unpaired) electrons. The number of benzene rings is 1. The quantitative estimate of drug-likeness (QED) is 0.728. The van der Waals surface area contributed by atoms with Gasteiger partial charge < -0.3 is 14.8 Å². The lowest BCUT2D eigenvalue weighted by Gasteiger charge is -2.31. The van der Waals surface area contributed by atoms with Gasteiger partial charge in [0.1, 0.15) is 13.2 Å². The molecule has 0 aromatic heterocycles. The fraction of sp³-hybridized carbons (Fsp3) is 0.667. The Labute approximate surface area is 173 Å². The van der Waals surface area contributed by atoms with Crippen molar-refractivity contribution in [3.63, 3.8) is 0 Å². The number of nitrogens with one attached hydrogen (secondary N) is 1. The fourth-order valence-electron chi connectivity index (χ4n) is 3.71. The molecule has 2 heterocycles. The third kappa shape index (κ3) is 5.42. The number of sulfonamides is 1. The van der Waals surface area contributed by atoms with Crippen molar-refractivity contribution < 1.29 is 22.7 Å². The van der Waals surface area contributed by atoms with Crippen LogP contribution >= 0.6 is 0 Å². The number of ether oxygens (including phenoxy) is 2. The second kappa shape index (κ2) is 9.34. The lowest BCUT2D eigenvalue weighted by atomic mass is 9.96. The van der Waals surface area contributed by atoms with Gasteiger partial charge >= 0.3 is 0 Å². The first kappa shape index (κ1) is 21.9. The number of rotatable bonds is 7. The van der Waals surface area contributed by atoms with E-state index in [1.807, 2.05) is 6.92 Å². The minimum absolute atomic E-state index is 0.0395. The maximum absolute atomic E-state index is 13.0. The molecule has 2 aliphatic heterocycles. The molecule has 162 valence electrons. The summed E-state index contributed by atoms with van der Waals surface area (Å²) < 4.78 is 38.4. The number of carbonyl (C=O) groups excluding carboxylic acids is 1. The minimum Gasteiger partial charge on any atom is -0.486 e. The molecule has 1 atom stereocenters. The number of fused-ring (bicyclic) bond motifs is 1. The van der Waals surface area contributed by atoms with E-state index >= 15 is 0 Å². The van der Waals surface area contributed by atoms with E-state index in [0.717, 1.165) is 12.8 Å². The average Bonchev–Trinajstić information content (AvgIpc) is 2.72. The van der Waals surface area contributed by atoms with Crippen LogP contribution in [0.3, 0.4) is 0 Å². The van der Waals surface area contributed by atoms with Crippen LogP contribution in [0.25, 0.3) is 0 Å². The zero-order chi connectivity index (χ0) is 21.0. The lowest BCUT2D eigenvalue weighted by molar-refractivity contribution is -0.126. The molecule has 29 heavy (non-hydrogen) atoms. The van der Waals surface area contributed by atoms with Gasteiger partial charge in [0.05, 0.1) is 4.90 Å². The Balaban J connectivity index is 1.56. The molecule has 1 aromatic carbocycles. The van der Waals surface area contributed by atoms with Crippen LogP contribution < -0.4 is 14.8 Å². The van der Waals surface area contributed by atoms with Crippen LogP contribution in [0.2, 0.25) is 0 Å². The van der Waals surface area contributed by atoms with E-state index in [4.69, 9.17) is 9.47 Å². The third-order valence-electron chi connectivity index (χ3n) is 5.54. The third-order valence-corrected chi connectivity index (χ3v) is 7.44. The van der Waals surface area contributed by atoms with Crippen molar-refractivity contribution >= 4 is 15.9 Å². The summed E-state index contributed by atoms with van der Waals surface area (Å²) in [6, 6.07) is 4.86. The van der Waals surface area contributed by atoms with E-state index in [-0.39, 0.29) is 22.8 Å². The van der Waals surface area contributed by atoms with Gasteiger partial charge in [-0.05, 0) is 50.7 Å². The van der Waals surface area contributed by atoms with Gasteiger partial charge in [-0.2, -0.15) is 4.31 Å². The topological polar surface area (TPSA) is 84.9 Å². The Hall–Kier alpha value is -1.80. The van der Waals surface area contributed by atoms with Crippen molar-refractivity contribution in [3.8, 4) is 11.5 Å². The zero-order valence-electron chi connectivity index (χ0n) is 17.5. The number of amides is 1. The first-order chi connectivity index (χ1) is 13.8. The van der Waals surface area contributed by atoms with Gasteiger partial charge in [-0.15, -0.1) is 0 Å². The summed E-state index contributed by atoms with van der Waals surface area (Å²) in [6.45, 7) is 7.93. The maximum Gasteiger partial charge on any atom is 0.243 e. The van der Waals surface area contributed by atoms with Gasteiger partial charge in [0.25, 0.3) is 0 Å². The molecule has 0 spiro atoms. The summed E-state index contributed by atoms with van der Waals surface area (Å²) in [7, 11) is -3.62. The highest BCUT2D eigenvalue weighted by Gasteiger charge is 2.33. The van der Waals surface area contributed by atoms with Crippen LogP contribution in [0.4, 0.5) is 0 Å². The molecule has 7 nitrogen and oxygen atoms in total. The highest BCUT2D eigenvalue weighted by Crippen LogP contribution is 2.34. The van der Waals surface area contributed by atoms with Gasteiger partial charge in [0, 0.05) is 31.1 Å². The second-order valence-electron chi connectivity index (χ2n) is 8.36. The van der Waals surface area contributed by atoms with Crippen molar-refractivity contribution in [1.29, 1.82) is 0 Å². The number of hydrogen-bond acceptors (Lipinski definition) is 5. The molecule has 1 unspecified atom stereocenters. The number of hydrogen-bond donors (Lipinski definition) is 1. The monoisotopic (exact) mass is 424 g/mol. The lowest BCUT2D eigenvalue weighted by Crippen LogP contribution is -2.44. The summed E-state index contributed by atoms with van der Waals surface area (Å²) in [6.07, 6.45) is 3.10. The summed E-state index contributed by atoms with van der Waals surface area (Å²) >= 11 is 0. The van der Waals surface area contributed by atoms with Crippen LogP contribution in [-0.2, 0) is 14.8 Å². The van der Waals surface area contributed by atoms with Gasteiger partial charge in [0.2, 0.25) is 15.9 Å². The molecular formula is C21H32N2O5S. The van der Waals surface area contributed by atoms with Gasteiger partial charge in [-0.1, -0.05) is 13.8 Å². The average molecular weight is 425 g/mol. The Morgan fingerprint density at radius 2 is 1.76 bits per heavy atom. The Kier molecular flexibility index (Phi) is 7.05. The molecule has 3 rings (SSSR count). The molecule has 1 aromatic rings. The van der Waals surface area contributed by atoms with Crippen LogP contribution in [0.5, 0.6) is 11.5 Å². The molecule has 0 bridgehead atoms. The van der Waals surface area contributed by atoms with Crippen molar-refractivity contribution in [2.75, 3.05) is 26.3 Å². The molecule has 0 aliphatic carbocycles. The Morgan fingerprint density at radius 1 is 1.10 bits per heavy atom. The number of piperidine rings is 1. The molecule has 8 heteroatoms. The van der Waals surface area contributed by atoms with Crippen LogP contribution in [0, 0.1) is 11.8 Å². The number of nitrogens with zero attached hydrogens (tertiary/aromatic N) is 1. The highest BCUT2D eigenvalue weighted by molar-refractivity contribution is 7.89. The summed E-state index contributed by atoms with van der Waals surface area (Å²) in [5.41, 5.74) is 0. The van der Waals surface area contributed by atoms with Crippen LogP contribution in [-0.4, -0.2) is 51.0 Å². The predicted octanol–water partition coefficient (Wildman–Crippen LogP) is 2.80. The van der Waals surface area contributed by atoms with Crippen molar-refractivity contribution in [2.45, 2.75) is 57.4 Å². The molecule has 1 fully saturated rings. The van der Waals surface area contributed by atoms with E-state index in [2.05, 4.69) is 19.2 Å². The van der Waals surface area contributed by atoms with Crippen LogP contribution in [0.15, 0.2) is 23.1 Å². The van der Waals surface area contributed by atoms with Crippen molar-refractivity contribution in [2.24, 2.45) is 11.8 Å². The summed E-state index contributed by atoms with van der Waals surface area (Å²) in [5.74, 6) is 1.54. The summed E-state index contributed by atoms with van der Waals surface area (Å²) in [4.78, 5) is 12.7. The largest absolute Gasteiger partial charge is 0.486 e. The summed E-state index contributed by atoms with van der Waals surface area (Å²) in [5, 5.41) is 3.09. The predicted molar refractivity (Wildman–Crippen MR) is 111 cm³/mol. The molecule has 0 saturated carbocycles. The zero-order valence-corrected chi connectivity index (χ0v) is 18.3. The van der Waals surface area contributed by atoms with Crippen molar-refractivity contribution in [1.82, 2.24) is 9.62 Å². The van der Waals surface area contributed by atoms with E-state index < -0.39 is 10.0 Å². The molecule has 1 N–H and O–H groups in total. The first-order valence-electron chi connectivity index (χ1n) is 10.5. The van der Waals surface area contributed by atoms with E-state index in [0.29, 0.717) is 56.6 Å². The standard InChI is InChI=1S/C21H32N2O5S/c1-15(2)4-5-16(3)22-21(24)17-8-10-23(11-9-17)29(25,26)18-6-7-19-20(14-18)28-13-12-27-19/h6-7,14-17H,4-5,8-13H2,1-3H3,(H,22,24). The highest BCUT2D eigenvalue weighted by atomic mass is 32.2. The molecule has 1 amide bonds. The second-order valence-corrected chi connectivity index (χ2v) is 10.3. The minimum atomic E-state index is -3.62. The molecule has 2 aliphatic rings. The maximum atomic E-state index is 13.0. The van der Waals surface area contributed by atoms with Gasteiger partial charge in [-0.25, -0.2) is 8.42 Å². The smallest absolute Gasteiger partial charge is 0.243 e. The van der Waals surface area contributed by atoms with Crippen molar-refractivity contribution in [3.05, 3.63) is 18.2 Å². The van der Waals surface area contributed by atoms with E-state index in [9.17, 15) is 13.2 Å². The Bertz CT molecular complexity index is 816. The van der Waals surface area contributed by atoms with Gasteiger partial charge in [0.15, 0.2) is 11.5 Å². The van der Waals surface area contributed by atoms with Gasteiger partial charge in [-0.3, -0.25) is 4.79 Å². The van der Waals surface area contributed by atoms with Crippen LogP contribution in [0.1, 0.15) is 46.5 Å². The SMILES string of the molecule is CC(C)CCC(C)NC(=O)C1CCN(S(=O)(=O)c2ccc3c(c2)OCCO3)CC1. The molecule has 1 saturated heterocycles. The molecular weight excluding hydrogens is 392 g/mol. The fourth-order valence-corrected chi connectivity index (χ4v) is 5.19. The number of carbonyl (C=O) groups is 1. The normalized spacial score (nSPS) is 19.2.